The van der Waals surface area contributed by atoms with Crippen molar-refractivity contribution in [3.63, 3.8) is 0 Å². The summed E-state index contributed by atoms with van der Waals surface area (Å²) in [5, 5.41) is 11.4. The zero-order valence-corrected chi connectivity index (χ0v) is 18.8. The van der Waals surface area contributed by atoms with Crippen LogP contribution in [0.5, 0.6) is 5.75 Å². The molecule has 2 atom stereocenters. The maximum Gasteiger partial charge on any atom is 0.410 e. The number of alkyl halides is 3. The number of fused-ring (bicyclic) bond motifs is 4. The monoisotopic (exact) mass is 496 g/mol. The number of furan rings is 2. The molecule has 1 aliphatic rings. The van der Waals surface area contributed by atoms with Gasteiger partial charge in [0.2, 0.25) is 0 Å². The first-order valence-electron chi connectivity index (χ1n) is 11.1. The van der Waals surface area contributed by atoms with Gasteiger partial charge in [-0.2, -0.15) is 18.3 Å². The number of nitrogens with zero attached hydrogens (tertiary/aromatic N) is 2. The van der Waals surface area contributed by atoms with Crippen LogP contribution in [-0.2, 0) is 0 Å². The van der Waals surface area contributed by atoms with E-state index < -0.39 is 24.2 Å². The first-order chi connectivity index (χ1) is 17.3. The molecule has 0 saturated heterocycles. The molecule has 0 saturated carbocycles. The van der Waals surface area contributed by atoms with Crippen molar-refractivity contribution in [2.75, 3.05) is 17.7 Å². The summed E-state index contributed by atoms with van der Waals surface area (Å²) in [5.41, 5.74) is 1.32. The van der Waals surface area contributed by atoms with Crippen molar-refractivity contribution in [2.45, 2.75) is 24.7 Å². The molecule has 1 aliphatic heterocycles. The van der Waals surface area contributed by atoms with Gasteiger partial charge >= 0.3 is 6.18 Å². The molecular weight excluding hydrogens is 477 g/mol. The second-order valence-electron chi connectivity index (χ2n) is 8.47. The summed E-state index contributed by atoms with van der Waals surface area (Å²) in [6.07, 6.45) is -3.50. The summed E-state index contributed by atoms with van der Waals surface area (Å²) in [6.45, 7) is 0. The van der Waals surface area contributed by atoms with Crippen LogP contribution in [0.2, 0.25) is 0 Å². The lowest BCUT2D eigenvalue weighted by molar-refractivity contribution is -0.174. The number of methoxy groups -OCH3 is 1. The van der Waals surface area contributed by atoms with Crippen LogP contribution in [0.4, 0.5) is 24.7 Å². The van der Waals surface area contributed by atoms with Crippen LogP contribution in [0.3, 0.4) is 0 Å². The Balaban J connectivity index is 1.34. The summed E-state index contributed by atoms with van der Waals surface area (Å²) in [7, 11) is 1.46. The van der Waals surface area contributed by atoms with E-state index in [9.17, 15) is 18.0 Å². The van der Waals surface area contributed by atoms with E-state index in [0.717, 1.165) is 15.5 Å². The van der Waals surface area contributed by atoms with Crippen LogP contribution in [0.1, 0.15) is 34.8 Å². The molecule has 184 valence electrons. The number of amides is 1. The molecule has 2 N–H and O–H groups in total. The number of nitrogens with one attached hydrogen (secondary N) is 2. The molecule has 1 amide bonds. The zero-order valence-electron chi connectivity index (χ0n) is 18.8. The highest BCUT2D eigenvalue weighted by Crippen LogP contribution is 2.44. The highest BCUT2D eigenvalue weighted by atomic mass is 19.4. The van der Waals surface area contributed by atoms with E-state index in [1.807, 2.05) is 24.3 Å². The quantitative estimate of drug-likeness (QED) is 0.303. The van der Waals surface area contributed by atoms with Gasteiger partial charge in [0.25, 0.3) is 5.91 Å². The number of para-hydroxylation sites is 1. The van der Waals surface area contributed by atoms with E-state index >= 15 is 0 Å². The normalized spacial score (nSPS) is 17.7. The van der Waals surface area contributed by atoms with Crippen LogP contribution in [0, 0.1) is 0 Å². The minimum Gasteiger partial charge on any atom is -0.495 e. The third kappa shape index (κ3) is 3.63. The SMILES string of the molecule is COc1cc2c(cc1NC(=O)c1cc3n(n1)[C@@H](C(F)(F)F)C[C@@H](c1ccco1)N3)oc1ccccc12. The van der Waals surface area contributed by atoms with Gasteiger partial charge in [-0.05, 0) is 24.3 Å². The van der Waals surface area contributed by atoms with Crippen molar-refractivity contribution in [3.05, 3.63) is 72.3 Å². The lowest BCUT2D eigenvalue weighted by Gasteiger charge is -2.32. The Hall–Kier alpha value is -4.41. The number of aromatic nitrogens is 2. The van der Waals surface area contributed by atoms with Crippen molar-refractivity contribution in [1.82, 2.24) is 9.78 Å². The van der Waals surface area contributed by atoms with Crippen molar-refractivity contribution < 1.29 is 31.5 Å². The summed E-state index contributed by atoms with van der Waals surface area (Å²) >= 11 is 0. The van der Waals surface area contributed by atoms with E-state index in [1.54, 1.807) is 24.3 Å². The number of rotatable bonds is 4. The Kier molecular flexibility index (Phi) is 4.95. The maximum absolute atomic E-state index is 13.9. The van der Waals surface area contributed by atoms with E-state index in [2.05, 4.69) is 15.7 Å². The fourth-order valence-corrected chi connectivity index (χ4v) is 4.56. The molecule has 11 heteroatoms. The Labute approximate surface area is 201 Å². The van der Waals surface area contributed by atoms with E-state index in [1.165, 1.54) is 19.4 Å². The van der Waals surface area contributed by atoms with Crippen LogP contribution >= 0.6 is 0 Å². The number of benzene rings is 2. The zero-order chi connectivity index (χ0) is 25.0. The molecule has 36 heavy (non-hydrogen) atoms. The molecule has 2 aromatic carbocycles. The number of halogens is 3. The molecule has 0 fully saturated rings. The second kappa shape index (κ2) is 8.08. The molecule has 0 bridgehead atoms. The largest absolute Gasteiger partial charge is 0.495 e. The van der Waals surface area contributed by atoms with E-state index in [4.69, 9.17) is 13.6 Å². The second-order valence-corrected chi connectivity index (χ2v) is 8.47. The number of carbonyl (C=O) groups excluding carboxylic acids is 1. The number of carbonyl (C=O) groups is 1. The van der Waals surface area contributed by atoms with Crippen LogP contribution in [-0.4, -0.2) is 29.0 Å². The number of anilines is 2. The first-order valence-corrected chi connectivity index (χ1v) is 11.1. The smallest absolute Gasteiger partial charge is 0.410 e. The molecule has 0 aliphatic carbocycles. The van der Waals surface area contributed by atoms with Crippen molar-refractivity contribution in [3.8, 4) is 5.75 Å². The van der Waals surface area contributed by atoms with Gasteiger partial charge in [0.05, 0.1) is 25.1 Å². The minimum absolute atomic E-state index is 0.0647. The van der Waals surface area contributed by atoms with Crippen LogP contribution < -0.4 is 15.4 Å². The van der Waals surface area contributed by atoms with Gasteiger partial charge in [0, 0.05) is 29.3 Å². The number of hydrogen-bond acceptors (Lipinski definition) is 6. The summed E-state index contributed by atoms with van der Waals surface area (Å²) in [5.74, 6) is 0.111. The van der Waals surface area contributed by atoms with Gasteiger partial charge in [0.15, 0.2) is 11.7 Å². The third-order valence-electron chi connectivity index (χ3n) is 6.26. The highest BCUT2D eigenvalue weighted by molar-refractivity contribution is 6.09. The van der Waals surface area contributed by atoms with Gasteiger partial charge in [-0.1, -0.05) is 18.2 Å². The molecule has 0 radical (unpaired) electrons. The fraction of sp³-hybridized carbons (Fsp3) is 0.200. The molecule has 3 aromatic heterocycles. The Morgan fingerprint density at radius 2 is 1.97 bits per heavy atom. The standard InChI is InChI=1S/C25H19F3N4O4/c1-34-21-9-14-13-5-2-3-6-18(13)36-20(14)10-15(21)30-24(33)17-12-23-29-16(19-7-4-8-35-19)11-22(25(26,27)28)32(23)31-17/h2-10,12,16,22,29H,11H2,1H3,(H,30,33)/t16-,22+/m0/s1. The molecule has 5 aromatic rings. The topological polar surface area (TPSA) is 94.5 Å². The van der Waals surface area contributed by atoms with Gasteiger partial charge in [-0.15, -0.1) is 0 Å². The van der Waals surface area contributed by atoms with E-state index in [0.29, 0.717) is 28.4 Å². The fourth-order valence-electron chi connectivity index (χ4n) is 4.56. The number of hydrogen-bond donors (Lipinski definition) is 2. The van der Waals surface area contributed by atoms with Crippen molar-refractivity contribution >= 4 is 39.4 Å². The van der Waals surface area contributed by atoms with Gasteiger partial charge in [-0.25, -0.2) is 4.68 Å². The lowest BCUT2D eigenvalue weighted by Crippen LogP contribution is -2.35. The van der Waals surface area contributed by atoms with Crippen LogP contribution in [0.15, 0.2) is 69.7 Å². The molecule has 0 spiro atoms. The van der Waals surface area contributed by atoms with Gasteiger partial charge in [0.1, 0.15) is 28.5 Å². The molecular formula is C25H19F3N4O4. The van der Waals surface area contributed by atoms with Gasteiger partial charge < -0.3 is 24.2 Å². The molecule has 0 unspecified atom stereocenters. The highest BCUT2D eigenvalue weighted by Gasteiger charge is 2.47. The summed E-state index contributed by atoms with van der Waals surface area (Å²) < 4.78 is 59.1. The minimum atomic E-state index is -4.57. The van der Waals surface area contributed by atoms with Crippen molar-refractivity contribution in [2.24, 2.45) is 0 Å². The Bertz CT molecular complexity index is 1590. The summed E-state index contributed by atoms with van der Waals surface area (Å²) in [6, 6.07) is 12.7. The Morgan fingerprint density at radius 1 is 1.14 bits per heavy atom. The molecule has 6 rings (SSSR count). The Morgan fingerprint density at radius 3 is 2.72 bits per heavy atom. The van der Waals surface area contributed by atoms with E-state index in [-0.39, 0.29) is 17.9 Å². The summed E-state index contributed by atoms with van der Waals surface area (Å²) in [4.78, 5) is 13.1. The maximum atomic E-state index is 13.9. The predicted octanol–water partition coefficient (Wildman–Crippen LogP) is 6.30. The number of ether oxygens (including phenoxy) is 1. The van der Waals surface area contributed by atoms with Gasteiger partial charge in [-0.3, -0.25) is 4.79 Å². The molecule has 4 heterocycles. The van der Waals surface area contributed by atoms with Crippen molar-refractivity contribution in [1.29, 1.82) is 0 Å². The molecule has 8 nitrogen and oxygen atoms in total. The average Bonchev–Trinajstić information content (AvgIpc) is 3.60. The predicted molar refractivity (Wildman–Crippen MR) is 125 cm³/mol. The average molecular weight is 496 g/mol. The third-order valence-corrected chi connectivity index (χ3v) is 6.26. The lowest BCUT2D eigenvalue weighted by atomic mass is 10.0. The first kappa shape index (κ1) is 22.1. The van der Waals surface area contributed by atoms with Crippen LogP contribution in [0.25, 0.3) is 21.9 Å².